The molecule has 2 aromatic carbocycles. The first kappa shape index (κ1) is 17.2. The largest absolute Gasteiger partial charge is 0.507 e. The molecule has 2 N–H and O–H groups in total. The van der Waals surface area contributed by atoms with Gasteiger partial charge in [-0.1, -0.05) is 18.2 Å². The lowest BCUT2D eigenvalue weighted by molar-refractivity contribution is -0.384. The van der Waals surface area contributed by atoms with Gasteiger partial charge in [-0.25, -0.2) is 5.43 Å². The summed E-state index contributed by atoms with van der Waals surface area (Å²) in [7, 11) is 1.94. The number of nitro groups is 1. The fourth-order valence-corrected chi connectivity index (χ4v) is 2.75. The van der Waals surface area contributed by atoms with E-state index in [1.165, 1.54) is 6.21 Å². The number of benzene rings is 2. The highest BCUT2D eigenvalue weighted by Crippen LogP contribution is 2.24. The predicted molar refractivity (Wildman–Crippen MR) is 97.5 cm³/mol. The van der Waals surface area contributed by atoms with Crippen molar-refractivity contribution in [3.63, 3.8) is 0 Å². The van der Waals surface area contributed by atoms with E-state index in [0.29, 0.717) is 0 Å². The number of aryl methyl sites for hydroxylation is 1. The molecular weight excluding hydrogens is 336 g/mol. The maximum atomic E-state index is 12.2. The van der Waals surface area contributed by atoms with E-state index in [-0.39, 0.29) is 17.0 Å². The number of para-hydroxylation sites is 1. The van der Waals surface area contributed by atoms with Gasteiger partial charge in [0.1, 0.15) is 5.75 Å². The van der Waals surface area contributed by atoms with Gasteiger partial charge in [-0.3, -0.25) is 14.9 Å². The van der Waals surface area contributed by atoms with Gasteiger partial charge in [0, 0.05) is 41.3 Å². The van der Waals surface area contributed by atoms with Gasteiger partial charge in [-0.05, 0) is 19.1 Å². The Morgan fingerprint density at radius 1 is 1.31 bits per heavy atom. The number of amides is 1. The number of hydrogen-bond donors (Lipinski definition) is 2. The third-order valence-electron chi connectivity index (χ3n) is 4.24. The van der Waals surface area contributed by atoms with E-state index in [1.54, 1.807) is 0 Å². The molecule has 3 rings (SSSR count). The van der Waals surface area contributed by atoms with Crippen LogP contribution >= 0.6 is 0 Å². The Kier molecular flexibility index (Phi) is 4.40. The van der Waals surface area contributed by atoms with Gasteiger partial charge >= 0.3 is 0 Å². The molecule has 0 aliphatic carbocycles. The minimum atomic E-state index is -0.736. The molecule has 0 fully saturated rings. The van der Waals surface area contributed by atoms with Gasteiger partial charge in [0.25, 0.3) is 11.6 Å². The third kappa shape index (κ3) is 3.00. The van der Waals surface area contributed by atoms with Crippen molar-refractivity contribution in [3.05, 3.63) is 69.4 Å². The number of nitro benzene ring substituents is 1. The Morgan fingerprint density at radius 2 is 2.04 bits per heavy atom. The average molecular weight is 352 g/mol. The minimum absolute atomic E-state index is 0.217. The fourth-order valence-electron chi connectivity index (χ4n) is 2.75. The third-order valence-corrected chi connectivity index (χ3v) is 4.24. The fraction of sp³-hybridized carbons (Fsp3) is 0.111. The quantitative estimate of drug-likeness (QED) is 0.427. The molecule has 1 heterocycles. The van der Waals surface area contributed by atoms with Crippen LogP contribution in [0.25, 0.3) is 10.9 Å². The van der Waals surface area contributed by atoms with Crippen LogP contribution in [0.15, 0.2) is 47.6 Å². The molecule has 0 aliphatic rings. The van der Waals surface area contributed by atoms with Crippen molar-refractivity contribution >= 4 is 28.7 Å². The molecule has 0 unspecified atom stereocenters. The van der Waals surface area contributed by atoms with E-state index in [9.17, 15) is 20.0 Å². The van der Waals surface area contributed by atoms with Gasteiger partial charge in [0.2, 0.25) is 0 Å². The smallest absolute Gasteiger partial charge is 0.275 e. The average Bonchev–Trinajstić information content (AvgIpc) is 2.87. The highest BCUT2D eigenvalue weighted by molar-refractivity contribution is 6.02. The molecule has 1 aromatic heterocycles. The summed E-state index contributed by atoms with van der Waals surface area (Å²) >= 11 is 0. The molecule has 1 amide bonds. The van der Waals surface area contributed by atoms with Crippen LogP contribution in [0.3, 0.4) is 0 Å². The molecule has 0 aliphatic heterocycles. The highest BCUT2D eigenvalue weighted by Gasteiger charge is 2.16. The van der Waals surface area contributed by atoms with E-state index in [0.717, 1.165) is 40.4 Å². The second kappa shape index (κ2) is 6.67. The summed E-state index contributed by atoms with van der Waals surface area (Å²) in [6.07, 6.45) is 1.52. The zero-order chi connectivity index (χ0) is 18.8. The molecule has 0 saturated carbocycles. The van der Waals surface area contributed by atoms with Gasteiger partial charge < -0.3 is 9.67 Å². The lowest BCUT2D eigenvalue weighted by Crippen LogP contribution is -2.18. The monoisotopic (exact) mass is 352 g/mol. The van der Waals surface area contributed by atoms with Crippen LogP contribution in [0.2, 0.25) is 0 Å². The van der Waals surface area contributed by atoms with Crippen LogP contribution in [0, 0.1) is 17.0 Å². The Balaban J connectivity index is 1.86. The number of phenolic OH excluding ortho intramolecular Hbond substituents is 1. The number of rotatable bonds is 4. The van der Waals surface area contributed by atoms with Crippen LogP contribution in [0.1, 0.15) is 21.6 Å². The van der Waals surface area contributed by atoms with Gasteiger partial charge in [-0.15, -0.1) is 0 Å². The molecule has 0 radical (unpaired) electrons. The summed E-state index contributed by atoms with van der Waals surface area (Å²) < 4.78 is 2.02. The maximum Gasteiger partial charge on any atom is 0.275 e. The van der Waals surface area contributed by atoms with E-state index in [2.05, 4.69) is 10.5 Å². The molecule has 0 spiro atoms. The van der Waals surface area contributed by atoms with Crippen LogP contribution in [-0.4, -0.2) is 26.7 Å². The summed E-state index contributed by atoms with van der Waals surface area (Å²) in [6, 6.07) is 11.0. The molecule has 132 valence electrons. The van der Waals surface area contributed by atoms with Gasteiger partial charge in [0.05, 0.1) is 16.7 Å². The number of hydrazone groups is 1. The molecule has 8 heteroatoms. The van der Waals surface area contributed by atoms with Crippen molar-refractivity contribution in [1.29, 1.82) is 0 Å². The van der Waals surface area contributed by atoms with E-state index < -0.39 is 10.8 Å². The highest BCUT2D eigenvalue weighted by atomic mass is 16.6. The zero-order valence-electron chi connectivity index (χ0n) is 14.1. The summed E-state index contributed by atoms with van der Waals surface area (Å²) in [5.41, 5.74) is 4.65. The summed E-state index contributed by atoms with van der Waals surface area (Å²) in [4.78, 5) is 22.3. The second-order valence-electron chi connectivity index (χ2n) is 5.73. The van der Waals surface area contributed by atoms with Gasteiger partial charge in [0.15, 0.2) is 0 Å². The molecule has 26 heavy (non-hydrogen) atoms. The lowest BCUT2D eigenvalue weighted by Gasteiger charge is -2.03. The molecule has 3 aromatic rings. The van der Waals surface area contributed by atoms with E-state index in [4.69, 9.17) is 0 Å². The second-order valence-corrected chi connectivity index (χ2v) is 5.73. The topological polar surface area (TPSA) is 110 Å². The maximum absolute atomic E-state index is 12.2. The summed E-state index contributed by atoms with van der Waals surface area (Å²) in [5.74, 6) is -1.09. The van der Waals surface area contributed by atoms with Crippen molar-refractivity contribution in [2.75, 3.05) is 0 Å². The van der Waals surface area contributed by atoms with E-state index >= 15 is 0 Å². The molecule has 0 bridgehead atoms. The number of aromatic nitrogens is 1. The first-order valence-corrected chi connectivity index (χ1v) is 7.75. The molecular formula is C18H16N4O4. The van der Waals surface area contributed by atoms with Crippen LogP contribution in [0.4, 0.5) is 5.69 Å². The first-order valence-electron chi connectivity index (χ1n) is 7.75. The molecule has 0 atom stereocenters. The standard InChI is InChI=1S/C18H16N4O4/c1-11-15(13-5-3-4-6-16(13)21(11)2)10-19-20-18(24)14-9-12(22(25)26)7-8-17(14)23/h3-10,23H,1-2H3,(H,20,24)/b19-10-. The number of carbonyl (C=O) groups is 1. The number of carbonyl (C=O) groups excluding carboxylic acids is 1. The lowest BCUT2D eigenvalue weighted by atomic mass is 10.1. The number of hydrogen-bond acceptors (Lipinski definition) is 5. The van der Waals surface area contributed by atoms with Crippen molar-refractivity contribution < 1.29 is 14.8 Å². The Morgan fingerprint density at radius 3 is 2.77 bits per heavy atom. The van der Waals surface area contributed by atoms with Crippen LogP contribution in [-0.2, 0) is 7.05 Å². The number of phenols is 1. The number of nitrogens with one attached hydrogen (secondary N) is 1. The molecule has 0 saturated heterocycles. The number of nitrogens with zero attached hydrogens (tertiary/aromatic N) is 3. The van der Waals surface area contributed by atoms with Crippen molar-refractivity contribution in [2.24, 2.45) is 12.1 Å². The Bertz CT molecular complexity index is 1050. The number of aromatic hydroxyl groups is 1. The summed E-state index contributed by atoms with van der Waals surface area (Å²) in [5, 5.41) is 25.5. The van der Waals surface area contributed by atoms with Crippen molar-refractivity contribution in [3.8, 4) is 5.75 Å². The normalized spacial score (nSPS) is 11.2. The van der Waals surface area contributed by atoms with Crippen molar-refractivity contribution in [2.45, 2.75) is 6.92 Å². The van der Waals surface area contributed by atoms with E-state index in [1.807, 2.05) is 42.8 Å². The van der Waals surface area contributed by atoms with Gasteiger partial charge in [-0.2, -0.15) is 5.10 Å². The number of non-ortho nitro benzene ring substituents is 1. The van der Waals surface area contributed by atoms with Crippen LogP contribution < -0.4 is 5.43 Å². The predicted octanol–water partition coefficient (Wildman–Crippen LogP) is 2.86. The number of fused-ring (bicyclic) bond motifs is 1. The Labute approximate surface area is 148 Å². The van der Waals surface area contributed by atoms with Crippen LogP contribution in [0.5, 0.6) is 5.75 Å². The summed E-state index contributed by atoms with van der Waals surface area (Å²) in [6.45, 7) is 1.94. The molecule has 8 nitrogen and oxygen atoms in total. The Hall–Kier alpha value is -3.68. The zero-order valence-corrected chi connectivity index (χ0v) is 14.1. The van der Waals surface area contributed by atoms with Crippen molar-refractivity contribution in [1.82, 2.24) is 9.99 Å². The minimum Gasteiger partial charge on any atom is -0.507 e. The SMILES string of the molecule is Cc1c(/C=N\NC(=O)c2cc([N+](=O)[O-])ccc2O)c2ccccc2n1C. The first-order chi connectivity index (χ1) is 12.4.